The number of hydrogen-bond acceptors (Lipinski definition) is 5. The Bertz CT molecular complexity index is 1500. The third-order valence-electron chi connectivity index (χ3n) is 7.22. The number of esters is 1. The van der Waals surface area contributed by atoms with Crippen molar-refractivity contribution in [3.8, 4) is 0 Å². The van der Waals surface area contributed by atoms with Crippen molar-refractivity contribution in [1.82, 2.24) is 19.9 Å². The fourth-order valence-electron chi connectivity index (χ4n) is 5.16. The summed E-state index contributed by atoms with van der Waals surface area (Å²) in [5.41, 5.74) is 3.15. The van der Waals surface area contributed by atoms with Crippen LogP contribution in [0.15, 0.2) is 79.1 Å². The molecule has 2 atom stereocenters. The average Bonchev–Trinajstić information content (AvgIpc) is 3.38. The van der Waals surface area contributed by atoms with Crippen LogP contribution in [0.4, 0.5) is 13.2 Å². The van der Waals surface area contributed by atoms with Gasteiger partial charge in [-0.1, -0.05) is 48.5 Å². The topological polar surface area (TPSA) is 68.5 Å². The molecule has 2 aromatic heterocycles. The lowest BCUT2D eigenvalue weighted by molar-refractivity contribution is -0.149. The zero-order chi connectivity index (χ0) is 27.6. The normalized spacial score (nSPS) is 17.5. The molecule has 0 spiro atoms. The van der Waals surface area contributed by atoms with E-state index in [2.05, 4.69) is 15.4 Å². The van der Waals surface area contributed by atoms with Gasteiger partial charge in [-0.15, -0.1) is 0 Å². The summed E-state index contributed by atoms with van der Waals surface area (Å²) in [6.07, 6.45) is 2.05. The van der Waals surface area contributed by atoms with Crippen LogP contribution in [0.5, 0.6) is 0 Å². The van der Waals surface area contributed by atoms with Gasteiger partial charge in [-0.2, -0.15) is 18.3 Å². The first-order valence-corrected chi connectivity index (χ1v) is 12.8. The molecule has 0 aliphatic carbocycles. The summed E-state index contributed by atoms with van der Waals surface area (Å²) in [7, 11) is 0. The average molecular weight is 535 g/mol. The van der Waals surface area contributed by atoms with Crippen LogP contribution in [0, 0.1) is 0 Å². The maximum Gasteiger partial charge on any atom is 0.416 e. The Balaban J connectivity index is 1.48. The third-order valence-corrected chi connectivity index (χ3v) is 7.22. The monoisotopic (exact) mass is 534 g/mol. The molecule has 6 nitrogen and oxygen atoms in total. The molecule has 9 heteroatoms. The van der Waals surface area contributed by atoms with Crippen molar-refractivity contribution in [1.29, 1.82) is 0 Å². The molecule has 1 aliphatic heterocycles. The second-order valence-electron chi connectivity index (χ2n) is 9.85. The van der Waals surface area contributed by atoms with Gasteiger partial charge in [-0.3, -0.25) is 4.79 Å². The van der Waals surface area contributed by atoms with Gasteiger partial charge >= 0.3 is 12.1 Å². The van der Waals surface area contributed by atoms with Crippen molar-refractivity contribution in [2.24, 2.45) is 0 Å². The van der Waals surface area contributed by atoms with Crippen molar-refractivity contribution in [3.63, 3.8) is 0 Å². The summed E-state index contributed by atoms with van der Waals surface area (Å²) < 4.78 is 46.3. The van der Waals surface area contributed by atoms with Crippen LogP contribution in [0.25, 0.3) is 11.2 Å². The van der Waals surface area contributed by atoms with Gasteiger partial charge in [0.15, 0.2) is 5.65 Å². The molecule has 0 saturated heterocycles. The SMILES string of the molecule is CCOC(=O)C(C)(Cc1ccccc1)c1ccnc2c(C3=CCNC(c4ccc(C(F)(F)F)cc4)C3)cnn12. The second-order valence-corrected chi connectivity index (χ2v) is 9.85. The maximum absolute atomic E-state index is 13.3. The number of fused-ring (bicyclic) bond motifs is 1. The molecular weight excluding hydrogens is 505 g/mol. The molecule has 39 heavy (non-hydrogen) atoms. The van der Waals surface area contributed by atoms with Crippen molar-refractivity contribution in [2.45, 2.75) is 44.3 Å². The molecule has 2 aromatic carbocycles. The number of hydrogen-bond donors (Lipinski definition) is 1. The molecule has 3 heterocycles. The highest BCUT2D eigenvalue weighted by Gasteiger charge is 2.40. The predicted molar refractivity (Wildman–Crippen MR) is 142 cm³/mol. The van der Waals surface area contributed by atoms with E-state index >= 15 is 0 Å². The number of aromatic nitrogens is 3. The summed E-state index contributed by atoms with van der Waals surface area (Å²) in [6, 6.07) is 16.7. The van der Waals surface area contributed by atoms with E-state index in [1.807, 2.05) is 43.3 Å². The van der Waals surface area contributed by atoms with Crippen LogP contribution >= 0.6 is 0 Å². The molecule has 0 fully saturated rings. The Hall–Kier alpha value is -3.98. The molecule has 1 N–H and O–H groups in total. The Morgan fingerprint density at radius 1 is 1.10 bits per heavy atom. The zero-order valence-corrected chi connectivity index (χ0v) is 21.7. The van der Waals surface area contributed by atoms with Crippen molar-refractivity contribution in [2.75, 3.05) is 13.2 Å². The Morgan fingerprint density at radius 3 is 2.54 bits per heavy atom. The number of rotatable bonds is 7. The number of alkyl halides is 3. The van der Waals surface area contributed by atoms with E-state index in [9.17, 15) is 18.0 Å². The largest absolute Gasteiger partial charge is 0.465 e. The number of halogens is 3. The standard InChI is InChI=1S/C30H29F3N4O2/c1-3-39-28(38)29(2,18-20-7-5-4-6-8-20)26-14-16-35-27-24(19-36-37(26)27)22-13-15-34-25(17-22)21-9-11-23(12-10-21)30(31,32)33/h4-14,16,19,25,34H,3,15,17-18H2,1-2H3. The lowest BCUT2D eigenvalue weighted by Gasteiger charge is -2.28. The first-order chi connectivity index (χ1) is 18.7. The third kappa shape index (κ3) is 5.31. The van der Waals surface area contributed by atoms with E-state index < -0.39 is 17.2 Å². The number of nitrogens with one attached hydrogen (secondary N) is 1. The van der Waals surface area contributed by atoms with Gasteiger partial charge < -0.3 is 10.1 Å². The number of carbonyl (C=O) groups excluding carboxylic acids is 1. The van der Waals surface area contributed by atoms with Crippen molar-refractivity contribution in [3.05, 3.63) is 107 Å². The van der Waals surface area contributed by atoms with E-state index in [0.29, 0.717) is 30.7 Å². The molecule has 202 valence electrons. The molecule has 0 saturated carbocycles. The second kappa shape index (κ2) is 10.6. The fourth-order valence-corrected chi connectivity index (χ4v) is 5.16. The molecule has 2 unspecified atom stereocenters. The molecule has 5 rings (SSSR count). The number of ether oxygens (including phenoxy) is 1. The van der Waals surface area contributed by atoms with Gasteiger partial charge in [-0.25, -0.2) is 9.50 Å². The highest BCUT2D eigenvalue weighted by atomic mass is 19.4. The number of benzene rings is 2. The van der Waals surface area contributed by atoms with Gasteiger partial charge in [0.25, 0.3) is 0 Å². The maximum atomic E-state index is 13.3. The summed E-state index contributed by atoms with van der Waals surface area (Å²) in [6.45, 7) is 4.45. The molecule has 4 aromatic rings. The van der Waals surface area contributed by atoms with Crippen LogP contribution < -0.4 is 5.32 Å². The molecule has 0 bridgehead atoms. The van der Waals surface area contributed by atoms with E-state index in [0.717, 1.165) is 34.4 Å². The number of nitrogens with zero attached hydrogens (tertiary/aromatic N) is 3. The first kappa shape index (κ1) is 26.6. The van der Waals surface area contributed by atoms with E-state index in [4.69, 9.17) is 4.74 Å². The minimum absolute atomic E-state index is 0.159. The van der Waals surface area contributed by atoms with E-state index in [-0.39, 0.29) is 18.6 Å². The highest BCUT2D eigenvalue weighted by Crippen LogP contribution is 2.36. The van der Waals surface area contributed by atoms with E-state index in [1.54, 1.807) is 29.9 Å². The van der Waals surface area contributed by atoms with Gasteiger partial charge in [0.05, 0.1) is 24.1 Å². The van der Waals surface area contributed by atoms with Gasteiger partial charge in [0, 0.05) is 24.3 Å². The molecule has 0 radical (unpaired) electrons. The van der Waals surface area contributed by atoms with Crippen molar-refractivity contribution < 1.29 is 22.7 Å². The number of carbonyl (C=O) groups is 1. The van der Waals surface area contributed by atoms with Crippen molar-refractivity contribution >= 4 is 17.2 Å². The minimum Gasteiger partial charge on any atom is -0.465 e. The highest BCUT2D eigenvalue weighted by molar-refractivity contribution is 5.83. The smallest absolute Gasteiger partial charge is 0.416 e. The Kier molecular flexibility index (Phi) is 7.27. The summed E-state index contributed by atoms with van der Waals surface area (Å²) in [5, 5.41) is 8.00. The molecule has 1 aliphatic rings. The Labute approximate surface area is 224 Å². The zero-order valence-electron chi connectivity index (χ0n) is 21.7. The van der Waals surface area contributed by atoms with Gasteiger partial charge in [0.1, 0.15) is 5.41 Å². The summed E-state index contributed by atoms with van der Waals surface area (Å²) in [4.78, 5) is 17.9. The summed E-state index contributed by atoms with van der Waals surface area (Å²) in [5.74, 6) is -0.346. The van der Waals surface area contributed by atoms with Crippen LogP contribution in [0.3, 0.4) is 0 Å². The van der Waals surface area contributed by atoms with Crippen LogP contribution in [0.1, 0.15) is 54.3 Å². The minimum atomic E-state index is -4.37. The van der Waals surface area contributed by atoms with Crippen LogP contribution in [-0.4, -0.2) is 33.7 Å². The lowest BCUT2D eigenvalue weighted by Crippen LogP contribution is -2.38. The van der Waals surface area contributed by atoms with Gasteiger partial charge in [-0.05, 0) is 61.6 Å². The fraction of sp³-hybridized carbons (Fsp3) is 0.300. The molecular formula is C30H29F3N4O2. The van der Waals surface area contributed by atoms with E-state index in [1.165, 1.54) is 12.1 Å². The van der Waals surface area contributed by atoms with Crippen LogP contribution in [0.2, 0.25) is 0 Å². The summed E-state index contributed by atoms with van der Waals surface area (Å²) >= 11 is 0. The lowest BCUT2D eigenvalue weighted by atomic mass is 9.80. The predicted octanol–water partition coefficient (Wildman–Crippen LogP) is 5.93. The molecule has 0 amide bonds. The van der Waals surface area contributed by atoms with Gasteiger partial charge in [0.2, 0.25) is 0 Å². The Morgan fingerprint density at radius 2 is 1.85 bits per heavy atom. The van der Waals surface area contributed by atoms with Crippen LogP contribution in [-0.2, 0) is 27.5 Å². The first-order valence-electron chi connectivity index (χ1n) is 12.8. The quantitative estimate of drug-likeness (QED) is 0.298.